The first-order chi connectivity index (χ1) is 14.8. The number of aromatic amines is 1. The number of H-pyrrole nitrogens is 1. The zero-order valence-corrected chi connectivity index (χ0v) is 20.1. The molecule has 5 rings (SSSR count). The third kappa shape index (κ3) is 3.99. The number of nitrogens with one attached hydrogen (secondary N) is 1. The largest absolute Gasteiger partial charge is 0.341 e. The van der Waals surface area contributed by atoms with E-state index in [4.69, 9.17) is 16.6 Å². The molecule has 0 aliphatic carbocycles. The minimum atomic E-state index is 0.128. The topological polar surface area (TPSA) is 35.2 Å². The SMILES string of the molecule is CC1SC(c2cccc(Cl)c2)=CN1N1CCCC1c1nc2ccc(C(C)(C)C)cc2[nH]1. The molecule has 0 spiro atoms. The molecule has 0 radical (unpaired) electrons. The number of fused-ring (bicyclic) bond motifs is 1. The molecule has 4 nitrogen and oxygen atoms in total. The number of hydrogen-bond donors (Lipinski definition) is 1. The maximum absolute atomic E-state index is 6.23. The lowest BCUT2D eigenvalue weighted by Crippen LogP contribution is -2.41. The maximum atomic E-state index is 6.23. The molecule has 0 amide bonds. The van der Waals surface area contributed by atoms with Gasteiger partial charge in [0, 0.05) is 22.7 Å². The summed E-state index contributed by atoms with van der Waals surface area (Å²) in [6.07, 6.45) is 4.56. The van der Waals surface area contributed by atoms with E-state index in [1.807, 2.05) is 30.0 Å². The Morgan fingerprint density at radius 1 is 1.16 bits per heavy atom. The Balaban J connectivity index is 1.44. The van der Waals surface area contributed by atoms with Gasteiger partial charge in [0.2, 0.25) is 0 Å². The first-order valence-corrected chi connectivity index (χ1v) is 12.2. The molecule has 31 heavy (non-hydrogen) atoms. The van der Waals surface area contributed by atoms with E-state index in [0.29, 0.717) is 5.37 Å². The van der Waals surface area contributed by atoms with Crippen LogP contribution in [-0.4, -0.2) is 31.9 Å². The van der Waals surface area contributed by atoms with Crippen molar-refractivity contribution in [3.63, 3.8) is 0 Å². The Hall–Kier alpha value is -1.95. The molecule has 2 aromatic carbocycles. The number of rotatable bonds is 3. The summed E-state index contributed by atoms with van der Waals surface area (Å²) in [6, 6.07) is 15.0. The summed E-state index contributed by atoms with van der Waals surface area (Å²) in [7, 11) is 0. The highest BCUT2D eigenvalue weighted by atomic mass is 35.5. The van der Waals surface area contributed by atoms with Crippen molar-refractivity contribution >= 4 is 39.3 Å². The van der Waals surface area contributed by atoms with Crippen molar-refractivity contribution < 1.29 is 0 Å². The molecule has 1 fully saturated rings. The zero-order chi connectivity index (χ0) is 21.8. The molecule has 162 valence electrons. The Morgan fingerprint density at radius 3 is 2.77 bits per heavy atom. The molecule has 2 aliphatic rings. The molecule has 0 saturated carbocycles. The number of halogens is 1. The number of aromatic nitrogens is 2. The highest BCUT2D eigenvalue weighted by Gasteiger charge is 2.36. The van der Waals surface area contributed by atoms with E-state index in [1.54, 1.807) is 0 Å². The first-order valence-electron chi connectivity index (χ1n) is 11.0. The van der Waals surface area contributed by atoms with Gasteiger partial charge < -0.3 is 4.98 Å². The highest BCUT2D eigenvalue weighted by Crippen LogP contribution is 2.44. The van der Waals surface area contributed by atoms with Crippen LogP contribution in [0.2, 0.25) is 5.02 Å². The molecule has 0 bridgehead atoms. The average Bonchev–Trinajstić information content (AvgIpc) is 3.43. The van der Waals surface area contributed by atoms with Crippen molar-refractivity contribution in [1.29, 1.82) is 0 Å². The van der Waals surface area contributed by atoms with Crippen molar-refractivity contribution in [3.05, 3.63) is 70.6 Å². The lowest BCUT2D eigenvalue weighted by atomic mass is 9.87. The molecule has 2 aliphatic heterocycles. The second-order valence-electron chi connectivity index (χ2n) is 9.53. The fourth-order valence-electron chi connectivity index (χ4n) is 4.52. The van der Waals surface area contributed by atoms with Crippen LogP contribution in [0.5, 0.6) is 0 Å². The van der Waals surface area contributed by atoms with Crippen LogP contribution < -0.4 is 0 Å². The van der Waals surface area contributed by atoms with Gasteiger partial charge in [-0.2, -0.15) is 0 Å². The van der Waals surface area contributed by atoms with Gasteiger partial charge in [0.15, 0.2) is 0 Å². The smallest absolute Gasteiger partial charge is 0.126 e. The summed E-state index contributed by atoms with van der Waals surface area (Å²) >= 11 is 8.12. The highest BCUT2D eigenvalue weighted by molar-refractivity contribution is 8.09. The Bertz CT molecular complexity index is 1150. The third-order valence-electron chi connectivity index (χ3n) is 6.23. The number of hydrogen-bond acceptors (Lipinski definition) is 4. The predicted octanol–water partition coefficient (Wildman–Crippen LogP) is 6.96. The number of benzene rings is 2. The second kappa shape index (κ2) is 7.88. The minimum absolute atomic E-state index is 0.128. The predicted molar refractivity (Wildman–Crippen MR) is 132 cm³/mol. The van der Waals surface area contributed by atoms with E-state index in [0.717, 1.165) is 34.8 Å². The van der Waals surface area contributed by atoms with Gasteiger partial charge >= 0.3 is 0 Å². The van der Waals surface area contributed by atoms with Gasteiger partial charge in [-0.25, -0.2) is 9.99 Å². The lowest BCUT2D eigenvalue weighted by molar-refractivity contribution is 0.00255. The Kier molecular flexibility index (Phi) is 5.32. The molecule has 6 heteroatoms. The average molecular weight is 453 g/mol. The van der Waals surface area contributed by atoms with E-state index >= 15 is 0 Å². The van der Waals surface area contributed by atoms with Crippen molar-refractivity contribution in [2.24, 2.45) is 0 Å². The number of thioether (sulfide) groups is 1. The molecule has 1 aromatic heterocycles. The number of imidazole rings is 1. The van der Waals surface area contributed by atoms with Crippen LogP contribution in [0, 0.1) is 0 Å². The Labute approximate surface area is 193 Å². The van der Waals surface area contributed by atoms with Gasteiger partial charge in [-0.3, -0.25) is 5.01 Å². The van der Waals surface area contributed by atoms with Crippen LogP contribution >= 0.6 is 23.4 Å². The molecular weight excluding hydrogens is 424 g/mol. The minimum Gasteiger partial charge on any atom is -0.341 e. The van der Waals surface area contributed by atoms with E-state index in [9.17, 15) is 0 Å². The van der Waals surface area contributed by atoms with Gasteiger partial charge in [0.05, 0.1) is 22.4 Å². The van der Waals surface area contributed by atoms with E-state index < -0.39 is 0 Å². The molecule has 1 saturated heterocycles. The fourth-order valence-corrected chi connectivity index (χ4v) is 5.80. The quantitative estimate of drug-likeness (QED) is 0.465. The molecule has 2 atom stereocenters. The van der Waals surface area contributed by atoms with Gasteiger partial charge in [0.25, 0.3) is 0 Å². The zero-order valence-electron chi connectivity index (χ0n) is 18.5. The van der Waals surface area contributed by atoms with Gasteiger partial charge in [-0.15, -0.1) is 0 Å². The summed E-state index contributed by atoms with van der Waals surface area (Å²) in [5.41, 5.74) is 4.82. The van der Waals surface area contributed by atoms with Crippen molar-refractivity contribution in [2.75, 3.05) is 6.54 Å². The van der Waals surface area contributed by atoms with Crippen LogP contribution in [0.15, 0.2) is 48.7 Å². The summed E-state index contributed by atoms with van der Waals surface area (Å²) in [4.78, 5) is 9.89. The summed E-state index contributed by atoms with van der Waals surface area (Å²) < 4.78 is 0. The molecule has 3 aromatic rings. The van der Waals surface area contributed by atoms with Crippen molar-refractivity contribution in [1.82, 2.24) is 20.0 Å². The fraction of sp³-hybridized carbons (Fsp3) is 0.400. The van der Waals surface area contributed by atoms with Crippen LogP contribution in [0.25, 0.3) is 15.9 Å². The van der Waals surface area contributed by atoms with Gasteiger partial charge in [-0.05, 0) is 60.6 Å². The Morgan fingerprint density at radius 2 is 2.00 bits per heavy atom. The first kappa shape index (κ1) is 20.9. The van der Waals surface area contributed by atoms with Crippen LogP contribution in [0.4, 0.5) is 0 Å². The standard InChI is InChI=1S/C25H29ClN4S/c1-16-30(15-23(31-16)17-7-5-8-19(26)13-17)29-12-6-9-22(29)24-27-20-11-10-18(25(2,3)4)14-21(20)28-24/h5,7-8,10-11,13-16,22H,6,9,12H2,1-4H3,(H,27,28). The molecule has 2 unspecified atom stereocenters. The number of nitrogens with zero attached hydrogens (tertiary/aromatic N) is 3. The van der Waals surface area contributed by atoms with Crippen molar-refractivity contribution in [2.45, 2.75) is 57.4 Å². The maximum Gasteiger partial charge on any atom is 0.126 e. The summed E-state index contributed by atoms with van der Waals surface area (Å²) in [5.74, 6) is 1.07. The molecule has 1 N–H and O–H groups in total. The normalized spacial score (nSPS) is 22.5. The van der Waals surface area contributed by atoms with Crippen LogP contribution in [0.1, 0.15) is 63.5 Å². The van der Waals surface area contributed by atoms with E-state index in [1.165, 1.54) is 22.5 Å². The lowest BCUT2D eigenvalue weighted by Gasteiger charge is -2.35. The second-order valence-corrected chi connectivity index (χ2v) is 11.3. The third-order valence-corrected chi connectivity index (χ3v) is 7.62. The van der Waals surface area contributed by atoms with Gasteiger partial charge in [0.1, 0.15) is 5.82 Å². The summed E-state index contributed by atoms with van der Waals surface area (Å²) in [6.45, 7) is 10.1. The monoisotopic (exact) mass is 452 g/mol. The number of hydrazine groups is 1. The van der Waals surface area contributed by atoms with Crippen LogP contribution in [0.3, 0.4) is 0 Å². The van der Waals surface area contributed by atoms with Crippen LogP contribution in [-0.2, 0) is 5.41 Å². The van der Waals surface area contributed by atoms with Crippen molar-refractivity contribution in [3.8, 4) is 0 Å². The molecule has 3 heterocycles. The van der Waals surface area contributed by atoms with E-state index in [2.05, 4.69) is 73.2 Å². The summed E-state index contributed by atoms with van der Waals surface area (Å²) in [5, 5.41) is 6.00. The molecular formula is C25H29ClN4S. The van der Waals surface area contributed by atoms with E-state index in [-0.39, 0.29) is 11.5 Å². The van der Waals surface area contributed by atoms with Gasteiger partial charge in [-0.1, -0.05) is 62.3 Å².